The number of hydrogen-bond acceptors (Lipinski definition) is 3. The van der Waals surface area contributed by atoms with Gasteiger partial charge >= 0.3 is 0 Å². The van der Waals surface area contributed by atoms with Crippen molar-refractivity contribution in [3.05, 3.63) is 12.4 Å². The average molecular weight is 215 g/mol. The van der Waals surface area contributed by atoms with E-state index in [9.17, 15) is 8.42 Å². The number of rotatable bonds is 3. The van der Waals surface area contributed by atoms with Gasteiger partial charge in [0.2, 0.25) is 10.0 Å². The van der Waals surface area contributed by atoms with Gasteiger partial charge in [-0.1, -0.05) is 6.42 Å². The van der Waals surface area contributed by atoms with Crippen molar-refractivity contribution in [3.8, 4) is 0 Å². The van der Waals surface area contributed by atoms with Crippen LogP contribution in [0.1, 0.15) is 19.3 Å². The maximum Gasteiger partial charge on any atom is 0.246 e. The Morgan fingerprint density at radius 3 is 2.71 bits per heavy atom. The maximum atomic E-state index is 11.9. The molecule has 1 fully saturated rings. The summed E-state index contributed by atoms with van der Waals surface area (Å²) in [4.78, 5) is 0.243. The number of nitrogens with one attached hydrogen (secondary N) is 1. The Hall–Kier alpha value is -0.880. The van der Waals surface area contributed by atoms with E-state index in [4.69, 9.17) is 0 Å². The fourth-order valence-electron chi connectivity index (χ4n) is 1.49. The van der Waals surface area contributed by atoms with Crippen molar-refractivity contribution in [2.75, 3.05) is 7.05 Å². The van der Waals surface area contributed by atoms with Gasteiger partial charge in [-0.05, 0) is 12.8 Å². The Morgan fingerprint density at radius 1 is 1.57 bits per heavy atom. The molecule has 78 valence electrons. The highest BCUT2D eigenvalue weighted by Crippen LogP contribution is 2.27. The van der Waals surface area contributed by atoms with E-state index < -0.39 is 10.0 Å². The van der Waals surface area contributed by atoms with E-state index in [0.29, 0.717) is 0 Å². The quantitative estimate of drug-likeness (QED) is 0.802. The first-order valence-corrected chi connectivity index (χ1v) is 6.03. The van der Waals surface area contributed by atoms with Crippen LogP contribution in [0.5, 0.6) is 0 Å². The predicted octanol–water partition coefficient (Wildman–Crippen LogP) is 0.583. The molecule has 0 atom stereocenters. The third-order valence-electron chi connectivity index (χ3n) is 2.74. The van der Waals surface area contributed by atoms with Crippen LogP contribution in [0.4, 0.5) is 0 Å². The van der Waals surface area contributed by atoms with Crippen LogP contribution >= 0.6 is 0 Å². The zero-order chi connectivity index (χ0) is 10.2. The summed E-state index contributed by atoms with van der Waals surface area (Å²) in [5.41, 5.74) is 0. The molecule has 1 N–H and O–H groups in total. The van der Waals surface area contributed by atoms with E-state index in [0.717, 1.165) is 19.3 Å². The molecule has 0 bridgehead atoms. The van der Waals surface area contributed by atoms with Gasteiger partial charge in [-0.2, -0.15) is 9.40 Å². The molecule has 0 amide bonds. The number of H-pyrrole nitrogens is 1. The molecule has 1 heterocycles. The monoisotopic (exact) mass is 215 g/mol. The van der Waals surface area contributed by atoms with E-state index in [2.05, 4.69) is 10.2 Å². The summed E-state index contributed by atoms with van der Waals surface area (Å²) >= 11 is 0. The van der Waals surface area contributed by atoms with Gasteiger partial charge in [0.15, 0.2) is 0 Å². The van der Waals surface area contributed by atoms with Crippen LogP contribution in [0.3, 0.4) is 0 Å². The molecule has 0 unspecified atom stereocenters. The van der Waals surface area contributed by atoms with E-state index >= 15 is 0 Å². The second-order valence-corrected chi connectivity index (χ2v) is 5.54. The lowest BCUT2D eigenvalue weighted by Gasteiger charge is -2.33. The van der Waals surface area contributed by atoms with Gasteiger partial charge in [-0.3, -0.25) is 5.10 Å². The molecule has 0 spiro atoms. The summed E-state index contributed by atoms with van der Waals surface area (Å²) in [6, 6.07) is 0.176. The second kappa shape index (κ2) is 3.36. The molecule has 0 radical (unpaired) electrons. The lowest BCUT2D eigenvalue weighted by Crippen LogP contribution is -2.41. The summed E-state index contributed by atoms with van der Waals surface area (Å²) in [5.74, 6) is 0. The van der Waals surface area contributed by atoms with Crippen LogP contribution in [0.25, 0.3) is 0 Å². The van der Waals surface area contributed by atoms with Crippen LogP contribution in [-0.4, -0.2) is 36.0 Å². The number of aromatic nitrogens is 2. The summed E-state index contributed by atoms with van der Waals surface area (Å²) in [5, 5.41) is 6.15. The van der Waals surface area contributed by atoms with Crippen molar-refractivity contribution in [2.24, 2.45) is 0 Å². The normalized spacial score (nSPS) is 18.4. The van der Waals surface area contributed by atoms with Crippen LogP contribution in [-0.2, 0) is 10.0 Å². The number of sulfonamides is 1. The molecule has 2 rings (SSSR count). The number of hydrogen-bond donors (Lipinski definition) is 1. The Labute approximate surface area is 83.2 Å². The third kappa shape index (κ3) is 1.44. The molecule has 1 aromatic rings. The van der Waals surface area contributed by atoms with E-state index in [1.165, 1.54) is 16.7 Å². The van der Waals surface area contributed by atoms with Crippen LogP contribution in [0, 0.1) is 0 Å². The molecule has 1 saturated carbocycles. The predicted molar refractivity (Wildman–Crippen MR) is 51.2 cm³/mol. The van der Waals surface area contributed by atoms with Crippen molar-refractivity contribution < 1.29 is 8.42 Å². The Kier molecular flexibility index (Phi) is 2.32. The van der Waals surface area contributed by atoms with E-state index in [1.54, 1.807) is 7.05 Å². The van der Waals surface area contributed by atoms with Gasteiger partial charge < -0.3 is 0 Å². The van der Waals surface area contributed by atoms with Crippen molar-refractivity contribution in [1.82, 2.24) is 14.5 Å². The number of nitrogens with zero attached hydrogens (tertiary/aromatic N) is 2. The molecule has 0 aromatic carbocycles. The van der Waals surface area contributed by atoms with Crippen molar-refractivity contribution >= 4 is 10.0 Å². The minimum absolute atomic E-state index is 0.176. The topological polar surface area (TPSA) is 66.1 Å². The highest BCUT2D eigenvalue weighted by molar-refractivity contribution is 7.89. The Morgan fingerprint density at radius 2 is 2.29 bits per heavy atom. The van der Waals surface area contributed by atoms with Gasteiger partial charge in [0.1, 0.15) is 4.90 Å². The van der Waals surface area contributed by atoms with Gasteiger partial charge in [0.05, 0.1) is 6.20 Å². The zero-order valence-electron chi connectivity index (χ0n) is 7.97. The average Bonchev–Trinajstić information content (AvgIpc) is 2.52. The van der Waals surface area contributed by atoms with E-state index in [-0.39, 0.29) is 10.9 Å². The molecule has 1 aromatic heterocycles. The minimum Gasteiger partial charge on any atom is -0.284 e. The summed E-state index contributed by atoms with van der Waals surface area (Å²) in [6.45, 7) is 0. The summed E-state index contributed by atoms with van der Waals surface area (Å²) in [6.07, 6.45) is 5.80. The first-order chi connectivity index (χ1) is 6.62. The molecular weight excluding hydrogens is 202 g/mol. The largest absolute Gasteiger partial charge is 0.284 e. The minimum atomic E-state index is -3.32. The highest BCUT2D eigenvalue weighted by atomic mass is 32.2. The standard InChI is InChI=1S/C8H13N3O2S/c1-11(7-3-2-4-7)14(12,13)8-5-9-10-6-8/h5-7H,2-4H2,1H3,(H,9,10). The van der Waals surface area contributed by atoms with Crippen LogP contribution in [0.2, 0.25) is 0 Å². The molecule has 6 heteroatoms. The molecule has 5 nitrogen and oxygen atoms in total. The van der Waals surface area contributed by atoms with Gasteiger partial charge in [0.25, 0.3) is 0 Å². The van der Waals surface area contributed by atoms with Crippen LogP contribution < -0.4 is 0 Å². The first-order valence-electron chi connectivity index (χ1n) is 4.59. The van der Waals surface area contributed by atoms with Crippen molar-refractivity contribution in [2.45, 2.75) is 30.2 Å². The fourth-order valence-corrected chi connectivity index (χ4v) is 2.82. The second-order valence-electron chi connectivity index (χ2n) is 3.54. The van der Waals surface area contributed by atoms with Gasteiger partial charge in [-0.25, -0.2) is 8.42 Å². The van der Waals surface area contributed by atoms with E-state index in [1.807, 2.05) is 0 Å². The maximum absolute atomic E-state index is 11.9. The summed E-state index contributed by atoms with van der Waals surface area (Å²) < 4.78 is 25.2. The smallest absolute Gasteiger partial charge is 0.246 e. The Bertz CT molecular complexity index is 394. The van der Waals surface area contributed by atoms with Gasteiger partial charge in [-0.15, -0.1) is 0 Å². The molecule has 0 saturated heterocycles. The molecular formula is C8H13N3O2S. The van der Waals surface area contributed by atoms with Gasteiger partial charge in [0, 0.05) is 19.3 Å². The lowest BCUT2D eigenvalue weighted by molar-refractivity contribution is 0.249. The van der Waals surface area contributed by atoms with Crippen LogP contribution in [0.15, 0.2) is 17.3 Å². The number of aromatic amines is 1. The molecule has 1 aliphatic carbocycles. The van der Waals surface area contributed by atoms with Crippen molar-refractivity contribution in [3.63, 3.8) is 0 Å². The highest BCUT2D eigenvalue weighted by Gasteiger charge is 2.31. The Balaban J connectivity index is 2.23. The zero-order valence-corrected chi connectivity index (χ0v) is 8.79. The molecule has 1 aliphatic rings. The molecule has 0 aliphatic heterocycles. The fraction of sp³-hybridized carbons (Fsp3) is 0.625. The van der Waals surface area contributed by atoms with Crippen molar-refractivity contribution in [1.29, 1.82) is 0 Å². The lowest BCUT2D eigenvalue weighted by atomic mass is 9.94. The third-order valence-corrected chi connectivity index (χ3v) is 4.61. The SMILES string of the molecule is CN(C1CCC1)S(=O)(=O)c1cn[nH]c1. The first kappa shape index (κ1) is 9.67. The molecule has 14 heavy (non-hydrogen) atoms. The summed E-state index contributed by atoms with van der Waals surface area (Å²) in [7, 11) is -1.69.